The number of fused-ring (bicyclic) bond motifs is 3. The normalized spacial score (nSPS) is 18.5. The summed E-state index contributed by atoms with van der Waals surface area (Å²) in [6.07, 6.45) is 3.67. The fourth-order valence-corrected chi connectivity index (χ4v) is 4.18. The molecule has 2 aromatic rings. The van der Waals surface area contributed by atoms with Gasteiger partial charge in [-0.25, -0.2) is 5.43 Å². The summed E-state index contributed by atoms with van der Waals surface area (Å²) in [6, 6.07) is 16.7. The van der Waals surface area contributed by atoms with Crippen molar-refractivity contribution >= 4 is 17.6 Å². The van der Waals surface area contributed by atoms with E-state index < -0.39 is 10.2 Å². The molecule has 0 bridgehead atoms. The average Bonchev–Trinajstić information content (AvgIpc) is 2.78. The number of morpholine rings is 1. The van der Waals surface area contributed by atoms with Crippen LogP contribution >= 0.6 is 0 Å². The summed E-state index contributed by atoms with van der Waals surface area (Å²) >= 11 is 0. The van der Waals surface area contributed by atoms with E-state index in [1.165, 1.54) is 0 Å². The summed E-state index contributed by atoms with van der Waals surface area (Å²) in [4.78, 5) is 2.04. The van der Waals surface area contributed by atoms with E-state index in [0.717, 1.165) is 10.3 Å². The average molecular weight is 444 g/mol. The molecular weight excluding hydrogens is 424 g/mol. The first-order chi connectivity index (χ1) is 15.0. The fourth-order valence-electron chi connectivity index (χ4n) is 3.88. The third-order valence-electron chi connectivity index (χ3n) is 5.21. The van der Waals surface area contributed by atoms with Gasteiger partial charge in [0.15, 0.2) is 16.1 Å². The van der Waals surface area contributed by atoms with Gasteiger partial charge in [0.25, 0.3) is 0 Å². The third-order valence-corrected chi connectivity index (χ3v) is 5.51. The maximum Gasteiger partial charge on any atom is 0.368 e. The minimum Gasteiger partial charge on any atom is -0.378 e. The van der Waals surface area contributed by atoms with Crippen molar-refractivity contribution in [3.63, 3.8) is 0 Å². The van der Waals surface area contributed by atoms with Gasteiger partial charge in [-0.1, -0.05) is 48.5 Å². The van der Waals surface area contributed by atoms with Crippen molar-refractivity contribution in [3.8, 4) is 0 Å². The zero-order valence-corrected chi connectivity index (χ0v) is 17.2. The maximum atomic E-state index is 11.8. The quantitative estimate of drug-likeness (QED) is 0.583. The van der Waals surface area contributed by atoms with Crippen LogP contribution in [0, 0.1) is 10.2 Å². The van der Waals surface area contributed by atoms with E-state index in [4.69, 9.17) is 9.13 Å². The van der Waals surface area contributed by atoms with Crippen LogP contribution in [0.5, 0.6) is 0 Å². The van der Waals surface area contributed by atoms with Crippen LogP contribution in [0.2, 0.25) is 0 Å². The second-order valence-corrected chi connectivity index (χ2v) is 8.01. The summed E-state index contributed by atoms with van der Waals surface area (Å²) in [5, 5.41) is 1.65. The van der Waals surface area contributed by atoms with Gasteiger partial charge in [-0.05, 0) is 17.7 Å². The summed E-state index contributed by atoms with van der Waals surface area (Å²) in [5.41, 5.74) is 6.06. The SMILES string of the molecule is [O-][Cl+3]([O-])([O-])O[N+]1=C2c3ccccc3C=CN2NC(N2CCOCC2)=C1c1ccccc1. The van der Waals surface area contributed by atoms with Crippen molar-refractivity contribution in [2.24, 2.45) is 0 Å². The van der Waals surface area contributed by atoms with Gasteiger partial charge < -0.3 is 9.64 Å². The molecule has 1 saturated heterocycles. The molecule has 3 heterocycles. The van der Waals surface area contributed by atoms with Crippen molar-refractivity contribution in [1.82, 2.24) is 15.3 Å². The number of rotatable bonds is 4. The van der Waals surface area contributed by atoms with Crippen LogP contribution in [-0.2, 0) is 9.13 Å². The molecule has 5 rings (SSSR count). The molecule has 0 unspecified atom stereocenters. The van der Waals surface area contributed by atoms with Gasteiger partial charge in [-0.3, -0.25) is 0 Å². The largest absolute Gasteiger partial charge is 0.378 e. The highest BCUT2D eigenvalue weighted by atomic mass is 35.7. The number of nitrogens with one attached hydrogen (secondary N) is 1. The molecular formula is C21H20ClN4O5+. The topological polar surface area (TPSA) is 109 Å². The Kier molecular flexibility index (Phi) is 5.05. The standard InChI is InChI=1S/C21H20ClN4O5/c27-22(28,29)31-26-19(17-7-2-1-3-8-17)20(24-12-14-30-15-13-24)23-25-11-10-16-6-4-5-9-18(16)21(25)26/h1-11,23H,12-15H2/q+1. The summed E-state index contributed by atoms with van der Waals surface area (Å²) < 4.78 is 46.9. The number of hydrogen-bond acceptors (Lipinski definition) is 8. The van der Waals surface area contributed by atoms with Crippen LogP contribution in [0.3, 0.4) is 0 Å². The lowest BCUT2D eigenvalue weighted by Gasteiger charge is -2.35. The van der Waals surface area contributed by atoms with Crippen LogP contribution in [-0.4, -0.2) is 46.8 Å². The molecule has 0 aromatic heterocycles. The van der Waals surface area contributed by atoms with Crippen molar-refractivity contribution < 1.29 is 38.1 Å². The van der Waals surface area contributed by atoms with Crippen LogP contribution in [0.4, 0.5) is 0 Å². The number of hydroxylamine groups is 1. The van der Waals surface area contributed by atoms with E-state index in [-0.39, 0.29) is 0 Å². The van der Waals surface area contributed by atoms with Crippen molar-refractivity contribution in [2.45, 2.75) is 0 Å². The van der Waals surface area contributed by atoms with Gasteiger partial charge in [-0.2, -0.15) is 14.0 Å². The predicted molar refractivity (Wildman–Crippen MR) is 102 cm³/mol. The zero-order valence-electron chi connectivity index (χ0n) is 16.4. The first-order valence-electron chi connectivity index (χ1n) is 9.75. The summed E-state index contributed by atoms with van der Waals surface area (Å²) in [7, 11) is -4.76. The molecule has 31 heavy (non-hydrogen) atoms. The maximum absolute atomic E-state index is 11.8. The predicted octanol–water partition coefficient (Wildman–Crippen LogP) is -1.26. The Balaban J connectivity index is 1.78. The lowest BCUT2D eigenvalue weighted by molar-refractivity contribution is -1.94. The third kappa shape index (κ3) is 3.85. The molecule has 3 aliphatic heterocycles. The molecule has 3 aliphatic rings. The molecule has 1 N–H and O–H groups in total. The van der Waals surface area contributed by atoms with E-state index in [9.17, 15) is 14.0 Å². The second-order valence-electron chi connectivity index (χ2n) is 7.11. The van der Waals surface area contributed by atoms with E-state index in [0.29, 0.717) is 54.8 Å². The van der Waals surface area contributed by atoms with Gasteiger partial charge in [0.05, 0.1) is 18.8 Å². The minimum absolute atomic E-state index is 0.376. The molecule has 2 aromatic carbocycles. The Labute approximate surface area is 181 Å². The van der Waals surface area contributed by atoms with Gasteiger partial charge in [0.1, 0.15) is 15.3 Å². The molecule has 0 atom stereocenters. The second kappa shape index (κ2) is 7.88. The molecule has 0 aliphatic carbocycles. The first kappa shape index (κ1) is 19.9. The van der Waals surface area contributed by atoms with Crippen LogP contribution in [0.1, 0.15) is 16.7 Å². The van der Waals surface area contributed by atoms with E-state index in [2.05, 4.69) is 5.43 Å². The number of nitrogens with zero attached hydrogens (tertiary/aromatic N) is 3. The van der Waals surface area contributed by atoms with Gasteiger partial charge in [-0.15, -0.1) is 5.01 Å². The van der Waals surface area contributed by atoms with Crippen LogP contribution in [0.15, 0.2) is 66.6 Å². The molecule has 1 fully saturated rings. The number of halogens is 1. The lowest BCUT2D eigenvalue weighted by Crippen LogP contribution is -2.64. The van der Waals surface area contributed by atoms with Gasteiger partial charge in [0.2, 0.25) is 5.70 Å². The molecule has 0 spiro atoms. The van der Waals surface area contributed by atoms with E-state index in [1.54, 1.807) is 11.2 Å². The summed E-state index contributed by atoms with van der Waals surface area (Å²) in [6.45, 7) is 2.25. The molecule has 0 radical (unpaired) electrons. The Morgan fingerprint density at radius 2 is 1.68 bits per heavy atom. The monoisotopic (exact) mass is 443 g/mol. The number of hydrazine groups is 1. The van der Waals surface area contributed by atoms with Gasteiger partial charge in [0, 0.05) is 18.7 Å². The first-order valence-corrected chi connectivity index (χ1v) is 11.0. The zero-order chi connectivity index (χ0) is 21.4. The van der Waals surface area contributed by atoms with Crippen molar-refractivity contribution in [2.75, 3.05) is 26.3 Å². The lowest BCUT2D eigenvalue weighted by atomic mass is 10.0. The van der Waals surface area contributed by atoms with Gasteiger partial charge >= 0.3 is 5.84 Å². The van der Waals surface area contributed by atoms with Crippen molar-refractivity contribution in [3.05, 3.63) is 83.3 Å². The number of amidine groups is 1. The Bertz CT molecular complexity index is 1070. The Morgan fingerprint density at radius 3 is 2.42 bits per heavy atom. The number of ether oxygens (including phenoxy) is 1. The van der Waals surface area contributed by atoms with Crippen LogP contribution < -0.4 is 19.4 Å². The highest BCUT2D eigenvalue weighted by Crippen LogP contribution is 2.31. The highest BCUT2D eigenvalue weighted by Gasteiger charge is 2.47. The summed E-state index contributed by atoms with van der Waals surface area (Å²) in [5.74, 6) is 0.988. The minimum atomic E-state index is -4.76. The smallest absolute Gasteiger partial charge is 0.368 e. The highest BCUT2D eigenvalue weighted by molar-refractivity contribution is 6.02. The van der Waals surface area contributed by atoms with Crippen molar-refractivity contribution in [1.29, 1.82) is 0 Å². The molecule has 0 saturated carbocycles. The Hall–Kier alpha value is -3.08. The number of benzene rings is 2. The van der Waals surface area contributed by atoms with E-state index in [1.807, 2.05) is 65.6 Å². The fraction of sp³-hybridized carbons (Fsp3) is 0.190. The van der Waals surface area contributed by atoms with E-state index >= 15 is 0 Å². The number of hydrogen-bond donors (Lipinski definition) is 1. The molecule has 160 valence electrons. The molecule has 10 heteroatoms. The van der Waals surface area contributed by atoms with Crippen LogP contribution in [0.25, 0.3) is 11.8 Å². The molecule has 9 nitrogen and oxygen atoms in total. The Morgan fingerprint density at radius 1 is 0.968 bits per heavy atom. The molecule has 0 amide bonds.